The lowest BCUT2D eigenvalue weighted by Gasteiger charge is -2.29. The Labute approximate surface area is 107 Å². The Kier molecular flexibility index (Phi) is 4.59. The summed E-state index contributed by atoms with van der Waals surface area (Å²) in [6, 6.07) is 7.63. The number of anilines is 1. The van der Waals surface area contributed by atoms with E-state index in [4.69, 9.17) is 9.84 Å². The molecule has 0 bridgehead atoms. The number of ether oxygens (including phenoxy) is 1. The second kappa shape index (κ2) is 6.40. The van der Waals surface area contributed by atoms with Gasteiger partial charge in [0.1, 0.15) is 5.75 Å². The van der Waals surface area contributed by atoms with Crippen molar-refractivity contribution in [3.8, 4) is 5.75 Å². The van der Waals surface area contributed by atoms with Crippen molar-refractivity contribution in [2.75, 3.05) is 24.7 Å². The lowest BCUT2D eigenvalue weighted by Crippen LogP contribution is -2.39. The first-order valence-electron chi connectivity index (χ1n) is 6.46. The maximum atomic E-state index is 11.8. The molecule has 1 N–H and O–H groups in total. The van der Waals surface area contributed by atoms with Gasteiger partial charge >= 0.3 is 0 Å². The molecule has 1 aromatic rings. The number of hydrogen-bond acceptors (Lipinski definition) is 3. The molecule has 0 fully saturated rings. The topological polar surface area (TPSA) is 49.8 Å². The van der Waals surface area contributed by atoms with Gasteiger partial charge in [-0.05, 0) is 25.0 Å². The van der Waals surface area contributed by atoms with Crippen molar-refractivity contribution >= 4 is 11.6 Å². The molecule has 18 heavy (non-hydrogen) atoms. The normalized spacial score (nSPS) is 14.3. The van der Waals surface area contributed by atoms with Gasteiger partial charge in [-0.1, -0.05) is 25.0 Å². The van der Waals surface area contributed by atoms with Crippen LogP contribution in [0.1, 0.15) is 25.7 Å². The Hall–Kier alpha value is -1.55. The highest BCUT2D eigenvalue weighted by Crippen LogP contribution is 2.31. The number of amides is 1. The van der Waals surface area contributed by atoms with Crippen molar-refractivity contribution in [1.29, 1.82) is 0 Å². The molecule has 0 radical (unpaired) electrons. The average molecular weight is 249 g/mol. The van der Waals surface area contributed by atoms with E-state index in [9.17, 15) is 4.79 Å². The largest absolute Gasteiger partial charge is 0.482 e. The van der Waals surface area contributed by atoms with Crippen LogP contribution in [-0.4, -0.2) is 30.8 Å². The maximum absolute atomic E-state index is 11.8. The van der Waals surface area contributed by atoms with E-state index < -0.39 is 0 Å². The number of benzene rings is 1. The van der Waals surface area contributed by atoms with Crippen molar-refractivity contribution in [2.45, 2.75) is 25.7 Å². The summed E-state index contributed by atoms with van der Waals surface area (Å²) in [6.45, 7) is 1.11. The first-order valence-corrected chi connectivity index (χ1v) is 6.46. The Bertz CT molecular complexity index is 406. The van der Waals surface area contributed by atoms with Gasteiger partial charge in [-0.2, -0.15) is 0 Å². The van der Waals surface area contributed by atoms with Crippen molar-refractivity contribution in [3.05, 3.63) is 24.3 Å². The van der Waals surface area contributed by atoms with Crippen LogP contribution >= 0.6 is 0 Å². The minimum atomic E-state index is 0.0239. The van der Waals surface area contributed by atoms with Crippen molar-refractivity contribution in [2.24, 2.45) is 0 Å². The summed E-state index contributed by atoms with van der Waals surface area (Å²) in [7, 11) is 0. The zero-order chi connectivity index (χ0) is 12.8. The van der Waals surface area contributed by atoms with Crippen LogP contribution in [0.25, 0.3) is 0 Å². The van der Waals surface area contributed by atoms with E-state index in [-0.39, 0.29) is 19.1 Å². The third-order valence-corrected chi connectivity index (χ3v) is 3.10. The van der Waals surface area contributed by atoms with Gasteiger partial charge < -0.3 is 14.7 Å². The SMILES string of the molecule is O=C1COc2ccccc2N1CCCCCCO. The third-order valence-electron chi connectivity index (χ3n) is 3.10. The smallest absolute Gasteiger partial charge is 0.265 e. The molecule has 1 aliphatic rings. The van der Waals surface area contributed by atoms with Gasteiger partial charge in [0.05, 0.1) is 5.69 Å². The minimum Gasteiger partial charge on any atom is -0.482 e. The average Bonchev–Trinajstić information content (AvgIpc) is 2.41. The van der Waals surface area contributed by atoms with Gasteiger partial charge in [-0.25, -0.2) is 0 Å². The first kappa shape index (κ1) is 12.9. The molecular formula is C14H19NO3. The van der Waals surface area contributed by atoms with E-state index in [1.807, 2.05) is 24.3 Å². The number of hydrogen-bond donors (Lipinski definition) is 1. The summed E-state index contributed by atoms with van der Waals surface area (Å²) in [5.41, 5.74) is 0.871. The highest BCUT2D eigenvalue weighted by molar-refractivity contribution is 5.97. The molecule has 0 aromatic heterocycles. The van der Waals surface area contributed by atoms with Gasteiger partial charge in [0.2, 0.25) is 0 Å². The van der Waals surface area contributed by atoms with Crippen LogP contribution < -0.4 is 9.64 Å². The first-order chi connectivity index (χ1) is 8.83. The molecule has 0 atom stereocenters. The summed E-state index contributed by atoms with van der Waals surface area (Å²) in [5.74, 6) is 0.809. The molecule has 1 aliphatic heterocycles. The molecule has 0 saturated heterocycles. The Morgan fingerprint density at radius 2 is 1.94 bits per heavy atom. The van der Waals surface area contributed by atoms with Crippen LogP contribution in [0.15, 0.2) is 24.3 Å². The monoisotopic (exact) mass is 249 g/mol. The fourth-order valence-corrected chi connectivity index (χ4v) is 2.13. The summed E-state index contributed by atoms with van der Waals surface area (Å²) >= 11 is 0. The highest BCUT2D eigenvalue weighted by atomic mass is 16.5. The molecule has 2 rings (SSSR count). The van der Waals surface area contributed by atoms with E-state index in [2.05, 4.69) is 0 Å². The van der Waals surface area contributed by atoms with E-state index >= 15 is 0 Å². The molecule has 0 saturated carbocycles. The lowest BCUT2D eigenvalue weighted by molar-refractivity contribution is -0.121. The van der Waals surface area contributed by atoms with Gasteiger partial charge in [-0.15, -0.1) is 0 Å². The molecule has 4 heteroatoms. The number of aliphatic hydroxyl groups is 1. The summed E-state index contributed by atoms with van der Waals surface area (Å²) in [6.07, 6.45) is 3.85. The van der Waals surface area contributed by atoms with Gasteiger partial charge in [0.25, 0.3) is 5.91 Å². The molecule has 98 valence electrons. The fraction of sp³-hybridized carbons (Fsp3) is 0.500. The number of nitrogens with zero attached hydrogens (tertiary/aromatic N) is 1. The quantitative estimate of drug-likeness (QED) is 0.784. The molecule has 1 aromatic carbocycles. The molecule has 4 nitrogen and oxygen atoms in total. The fourth-order valence-electron chi connectivity index (χ4n) is 2.13. The van der Waals surface area contributed by atoms with E-state index in [1.54, 1.807) is 4.90 Å². The van der Waals surface area contributed by atoms with E-state index in [1.165, 1.54) is 0 Å². The lowest BCUT2D eigenvalue weighted by atomic mass is 10.1. The van der Waals surface area contributed by atoms with E-state index in [0.717, 1.165) is 43.7 Å². The molecule has 0 spiro atoms. The highest BCUT2D eigenvalue weighted by Gasteiger charge is 2.24. The van der Waals surface area contributed by atoms with Crippen LogP contribution in [0.3, 0.4) is 0 Å². The second-order valence-electron chi connectivity index (χ2n) is 4.44. The summed E-state index contributed by atoms with van der Waals surface area (Å²) in [5, 5.41) is 8.71. The van der Waals surface area contributed by atoms with E-state index in [0.29, 0.717) is 0 Å². The van der Waals surface area contributed by atoms with Gasteiger partial charge in [0.15, 0.2) is 6.61 Å². The summed E-state index contributed by atoms with van der Waals surface area (Å²) < 4.78 is 5.39. The minimum absolute atomic E-state index is 0.0239. The number of rotatable bonds is 6. The second-order valence-corrected chi connectivity index (χ2v) is 4.44. The van der Waals surface area contributed by atoms with Gasteiger partial charge in [-0.3, -0.25) is 4.79 Å². The molecule has 0 unspecified atom stereocenters. The van der Waals surface area contributed by atoms with Crippen molar-refractivity contribution < 1.29 is 14.6 Å². The zero-order valence-electron chi connectivity index (χ0n) is 10.5. The van der Waals surface area contributed by atoms with Crippen LogP contribution in [0.4, 0.5) is 5.69 Å². The number of unbranched alkanes of at least 4 members (excludes halogenated alkanes) is 3. The van der Waals surface area contributed by atoms with Crippen LogP contribution in [-0.2, 0) is 4.79 Å². The molecule has 1 heterocycles. The predicted molar refractivity (Wildman–Crippen MR) is 69.8 cm³/mol. The van der Waals surface area contributed by atoms with Crippen LogP contribution in [0.2, 0.25) is 0 Å². The predicted octanol–water partition coefficient (Wildman–Crippen LogP) is 1.96. The zero-order valence-corrected chi connectivity index (χ0v) is 10.5. The number of carbonyl (C=O) groups excluding carboxylic acids is 1. The molecule has 1 amide bonds. The maximum Gasteiger partial charge on any atom is 0.265 e. The standard InChI is InChI=1S/C14H19NO3/c16-10-6-2-1-5-9-15-12-7-3-4-8-13(12)18-11-14(15)17/h3-4,7-8,16H,1-2,5-6,9-11H2. The number of aliphatic hydroxyl groups excluding tert-OH is 1. The number of carbonyl (C=O) groups is 1. The summed E-state index contributed by atoms with van der Waals surface area (Å²) in [4.78, 5) is 13.6. The van der Waals surface area contributed by atoms with Crippen LogP contribution in [0, 0.1) is 0 Å². The Morgan fingerprint density at radius 1 is 1.17 bits per heavy atom. The molecule has 0 aliphatic carbocycles. The van der Waals surface area contributed by atoms with Crippen molar-refractivity contribution in [3.63, 3.8) is 0 Å². The molecular weight excluding hydrogens is 230 g/mol. The third kappa shape index (κ3) is 3.01. The van der Waals surface area contributed by atoms with Crippen molar-refractivity contribution in [1.82, 2.24) is 0 Å². The number of para-hydroxylation sites is 2. The number of fused-ring (bicyclic) bond motifs is 1. The van der Waals surface area contributed by atoms with Gasteiger partial charge in [0, 0.05) is 13.2 Å². The Morgan fingerprint density at radius 3 is 2.78 bits per heavy atom. The Balaban J connectivity index is 1.93. The van der Waals surface area contributed by atoms with Crippen LogP contribution in [0.5, 0.6) is 5.75 Å².